The van der Waals surface area contributed by atoms with Crippen molar-refractivity contribution in [1.82, 2.24) is 0 Å². The number of esters is 1. The third-order valence-corrected chi connectivity index (χ3v) is 1.86. The van der Waals surface area contributed by atoms with Gasteiger partial charge in [0.25, 0.3) is 5.54 Å². The molecule has 0 aliphatic heterocycles. The van der Waals surface area contributed by atoms with Crippen LogP contribution >= 0.6 is 0 Å². The zero-order chi connectivity index (χ0) is 11.7. The van der Waals surface area contributed by atoms with E-state index < -0.39 is 23.4 Å². The van der Waals surface area contributed by atoms with Crippen LogP contribution in [-0.2, 0) is 15.1 Å². The number of carbonyl (C=O) groups excluding carboxylic acids is 1. The number of alkyl halides is 3. The van der Waals surface area contributed by atoms with Crippen molar-refractivity contribution in [1.29, 1.82) is 0 Å². The second kappa shape index (κ2) is 3.58. The Labute approximate surface area is 82.8 Å². The van der Waals surface area contributed by atoms with E-state index in [-0.39, 0.29) is 0 Å². The van der Waals surface area contributed by atoms with Crippen LogP contribution in [-0.4, -0.2) is 19.3 Å². The van der Waals surface area contributed by atoms with Gasteiger partial charge in [0.2, 0.25) is 0 Å². The smallest absolute Gasteiger partial charge is 0.424 e. The molecule has 0 saturated heterocycles. The van der Waals surface area contributed by atoms with Crippen LogP contribution in [0.2, 0.25) is 0 Å². The molecule has 0 bridgehead atoms. The van der Waals surface area contributed by atoms with Crippen LogP contribution in [0.25, 0.3) is 0 Å². The Morgan fingerprint density at radius 3 is 2.47 bits per heavy atom. The van der Waals surface area contributed by atoms with Crippen LogP contribution in [0.15, 0.2) is 22.8 Å². The molecule has 0 unspecified atom stereocenters. The van der Waals surface area contributed by atoms with Crippen molar-refractivity contribution in [3.05, 3.63) is 24.2 Å². The number of hydrogen-bond acceptors (Lipinski definition) is 4. The van der Waals surface area contributed by atoms with E-state index >= 15 is 0 Å². The van der Waals surface area contributed by atoms with Crippen molar-refractivity contribution >= 4 is 5.97 Å². The highest BCUT2D eigenvalue weighted by Crippen LogP contribution is 2.37. The van der Waals surface area contributed by atoms with Crippen molar-refractivity contribution in [2.24, 2.45) is 5.73 Å². The fourth-order valence-corrected chi connectivity index (χ4v) is 1.02. The molecule has 0 spiro atoms. The third kappa shape index (κ3) is 1.70. The molecule has 0 fully saturated rings. The van der Waals surface area contributed by atoms with Crippen molar-refractivity contribution in [3.63, 3.8) is 0 Å². The molecule has 4 nitrogen and oxygen atoms in total. The standard InChI is InChI=1S/C8H8F3NO3/c1-14-6(13)7(12,8(9,10)11)5-3-2-4-15-5/h2-4H,12H2,1H3/t7-/m1/s1. The number of rotatable bonds is 2. The van der Waals surface area contributed by atoms with Gasteiger partial charge >= 0.3 is 12.1 Å². The van der Waals surface area contributed by atoms with Gasteiger partial charge in [0, 0.05) is 0 Å². The molecule has 2 N–H and O–H groups in total. The van der Waals surface area contributed by atoms with E-state index in [0.29, 0.717) is 0 Å². The van der Waals surface area contributed by atoms with Gasteiger partial charge in [-0.2, -0.15) is 13.2 Å². The second-order valence-electron chi connectivity index (χ2n) is 2.77. The number of halogens is 3. The summed E-state index contributed by atoms with van der Waals surface area (Å²) in [7, 11) is 0.818. The van der Waals surface area contributed by atoms with Gasteiger partial charge < -0.3 is 14.9 Å². The lowest BCUT2D eigenvalue weighted by Crippen LogP contribution is -2.56. The summed E-state index contributed by atoms with van der Waals surface area (Å²) in [5.41, 5.74) is 1.74. The van der Waals surface area contributed by atoms with Crippen molar-refractivity contribution < 1.29 is 27.1 Å². The summed E-state index contributed by atoms with van der Waals surface area (Å²) < 4.78 is 46.4. The molecule has 0 amide bonds. The molecule has 1 rings (SSSR count). The van der Waals surface area contributed by atoms with E-state index in [1.807, 2.05) is 0 Å². The average Bonchev–Trinajstić information content (AvgIpc) is 2.66. The summed E-state index contributed by atoms with van der Waals surface area (Å²) in [5.74, 6) is -2.33. The number of furan rings is 1. The number of ether oxygens (including phenoxy) is 1. The first-order valence-corrected chi connectivity index (χ1v) is 3.82. The van der Waals surface area contributed by atoms with Crippen LogP contribution in [0.4, 0.5) is 13.2 Å². The molecule has 1 heterocycles. The summed E-state index contributed by atoms with van der Waals surface area (Å²) in [4.78, 5) is 11.1. The van der Waals surface area contributed by atoms with Crippen molar-refractivity contribution in [3.8, 4) is 0 Å². The second-order valence-corrected chi connectivity index (χ2v) is 2.77. The van der Waals surface area contributed by atoms with Crippen LogP contribution in [0.1, 0.15) is 5.76 Å². The van der Waals surface area contributed by atoms with E-state index in [0.717, 1.165) is 19.4 Å². The minimum atomic E-state index is -4.99. The normalized spacial score (nSPS) is 15.8. The predicted molar refractivity (Wildman–Crippen MR) is 42.6 cm³/mol. The van der Waals surface area contributed by atoms with Gasteiger partial charge in [0.05, 0.1) is 13.4 Å². The van der Waals surface area contributed by atoms with E-state index in [4.69, 9.17) is 5.73 Å². The molecule has 0 saturated carbocycles. The molecule has 0 aliphatic carbocycles. The van der Waals surface area contributed by atoms with E-state index in [2.05, 4.69) is 9.15 Å². The number of hydrogen-bond donors (Lipinski definition) is 1. The van der Waals surface area contributed by atoms with Crippen LogP contribution in [0.5, 0.6) is 0 Å². The molecule has 1 atom stereocenters. The lowest BCUT2D eigenvalue weighted by molar-refractivity contribution is -0.210. The first kappa shape index (κ1) is 11.6. The lowest BCUT2D eigenvalue weighted by atomic mass is 9.97. The number of methoxy groups -OCH3 is 1. The maximum atomic E-state index is 12.6. The lowest BCUT2D eigenvalue weighted by Gasteiger charge is -2.26. The molecule has 7 heteroatoms. The first-order chi connectivity index (χ1) is 6.84. The third-order valence-electron chi connectivity index (χ3n) is 1.86. The highest BCUT2D eigenvalue weighted by molar-refractivity contribution is 5.82. The Bertz CT molecular complexity index is 347. The van der Waals surface area contributed by atoms with Crippen molar-refractivity contribution in [2.75, 3.05) is 7.11 Å². The molecule has 1 aromatic heterocycles. The van der Waals surface area contributed by atoms with Gasteiger partial charge in [0.1, 0.15) is 5.76 Å². The number of nitrogens with two attached hydrogens (primary N) is 1. The molecular formula is C8H8F3NO3. The Balaban J connectivity index is 3.26. The van der Waals surface area contributed by atoms with E-state index in [1.54, 1.807) is 0 Å². The Hall–Kier alpha value is -1.50. The average molecular weight is 223 g/mol. The molecule has 0 radical (unpaired) electrons. The predicted octanol–water partition coefficient (Wildman–Crippen LogP) is 1.17. The maximum Gasteiger partial charge on any atom is 0.424 e. The highest BCUT2D eigenvalue weighted by atomic mass is 19.4. The van der Waals surface area contributed by atoms with E-state index in [1.165, 1.54) is 6.07 Å². The van der Waals surface area contributed by atoms with Gasteiger partial charge in [-0.15, -0.1) is 0 Å². The van der Waals surface area contributed by atoms with Crippen LogP contribution in [0.3, 0.4) is 0 Å². The van der Waals surface area contributed by atoms with Gasteiger partial charge in [-0.25, -0.2) is 4.79 Å². The largest absolute Gasteiger partial charge is 0.467 e. The molecular weight excluding hydrogens is 215 g/mol. The summed E-state index contributed by atoms with van der Waals surface area (Å²) in [6.45, 7) is 0. The minimum absolute atomic E-state index is 0.707. The highest BCUT2D eigenvalue weighted by Gasteiger charge is 2.62. The summed E-state index contributed by atoms with van der Waals surface area (Å²) in [6.07, 6.45) is -4.00. The summed E-state index contributed by atoms with van der Waals surface area (Å²) >= 11 is 0. The van der Waals surface area contributed by atoms with Gasteiger partial charge in [-0.3, -0.25) is 0 Å². The summed E-state index contributed by atoms with van der Waals surface area (Å²) in [6, 6.07) is 2.16. The minimum Gasteiger partial charge on any atom is -0.467 e. The van der Waals surface area contributed by atoms with Gasteiger partial charge in [-0.1, -0.05) is 0 Å². The van der Waals surface area contributed by atoms with Crippen LogP contribution < -0.4 is 5.73 Å². The van der Waals surface area contributed by atoms with E-state index in [9.17, 15) is 18.0 Å². The quantitative estimate of drug-likeness (QED) is 0.764. The van der Waals surface area contributed by atoms with Crippen LogP contribution in [0, 0.1) is 0 Å². The SMILES string of the molecule is COC(=O)[C@](N)(c1ccco1)C(F)(F)F. The van der Waals surface area contributed by atoms with Gasteiger partial charge in [-0.05, 0) is 12.1 Å². The molecule has 1 aromatic rings. The molecule has 0 aromatic carbocycles. The Morgan fingerprint density at radius 2 is 2.13 bits per heavy atom. The first-order valence-electron chi connectivity index (χ1n) is 3.82. The Morgan fingerprint density at radius 1 is 1.53 bits per heavy atom. The molecule has 84 valence electrons. The topological polar surface area (TPSA) is 65.5 Å². The maximum absolute atomic E-state index is 12.6. The van der Waals surface area contributed by atoms with Gasteiger partial charge in [0.15, 0.2) is 0 Å². The number of carbonyl (C=O) groups is 1. The zero-order valence-corrected chi connectivity index (χ0v) is 7.67. The summed E-state index contributed by atoms with van der Waals surface area (Å²) in [5, 5.41) is 0. The monoisotopic (exact) mass is 223 g/mol. The van der Waals surface area contributed by atoms with Crippen molar-refractivity contribution in [2.45, 2.75) is 11.7 Å². The zero-order valence-electron chi connectivity index (χ0n) is 7.67. The molecule has 15 heavy (non-hydrogen) atoms. The molecule has 0 aliphatic rings. The fourth-order valence-electron chi connectivity index (χ4n) is 1.02. The Kier molecular flexibility index (Phi) is 2.76. The fraction of sp³-hybridized carbons (Fsp3) is 0.375.